The van der Waals surface area contributed by atoms with Gasteiger partial charge in [-0.25, -0.2) is 9.65 Å². The lowest BCUT2D eigenvalue weighted by molar-refractivity contribution is -0.509. The molecule has 0 bridgehead atoms. The van der Waals surface area contributed by atoms with E-state index >= 15 is 0 Å². The zero-order valence-electron chi connectivity index (χ0n) is 11.3. The van der Waals surface area contributed by atoms with E-state index in [1.54, 1.807) is 0 Å². The number of hydrogen-bond donors (Lipinski definition) is 3. The number of anilines is 1. The Hall–Kier alpha value is -2.05. The molecular formula is C14H13N3O3PS+. The molecule has 0 aliphatic heterocycles. The van der Waals surface area contributed by atoms with Crippen molar-refractivity contribution in [2.75, 3.05) is 5.09 Å². The van der Waals surface area contributed by atoms with Crippen molar-refractivity contribution in [1.82, 2.24) is 4.98 Å². The van der Waals surface area contributed by atoms with Crippen LogP contribution in [0.5, 0.6) is 0 Å². The molecule has 3 rings (SSSR count). The van der Waals surface area contributed by atoms with E-state index in [1.807, 2.05) is 64.6 Å². The van der Waals surface area contributed by atoms with Crippen molar-refractivity contribution in [2.45, 2.75) is 0 Å². The Morgan fingerprint density at radius 1 is 1.00 bits per heavy atom. The highest BCUT2D eigenvalue weighted by Gasteiger charge is 2.27. The molecule has 22 heavy (non-hydrogen) atoms. The summed E-state index contributed by atoms with van der Waals surface area (Å²) >= 11 is 1.14. The van der Waals surface area contributed by atoms with Gasteiger partial charge >= 0.3 is 18.7 Å². The van der Waals surface area contributed by atoms with Crippen LogP contribution < -0.4 is 9.04 Å². The van der Waals surface area contributed by atoms with Gasteiger partial charge in [0.25, 0.3) is 0 Å². The maximum Gasteiger partial charge on any atom is 0.431 e. The lowest BCUT2D eigenvalue weighted by atomic mass is 10.2. The van der Waals surface area contributed by atoms with Crippen molar-refractivity contribution in [3.63, 3.8) is 0 Å². The molecule has 0 aliphatic rings. The molecule has 0 fully saturated rings. The van der Waals surface area contributed by atoms with Gasteiger partial charge in [-0.15, -0.1) is 3.96 Å². The summed E-state index contributed by atoms with van der Waals surface area (Å²) < 4.78 is 13.0. The topological polar surface area (TPSA) is 86.3 Å². The van der Waals surface area contributed by atoms with Gasteiger partial charge < -0.3 is 9.79 Å². The van der Waals surface area contributed by atoms with E-state index in [9.17, 15) is 4.57 Å². The summed E-state index contributed by atoms with van der Waals surface area (Å²) in [5, 5.41) is 2.30. The molecule has 3 N–H and O–H groups in total. The van der Waals surface area contributed by atoms with Gasteiger partial charge in [0.2, 0.25) is 0 Å². The quantitative estimate of drug-likeness (QED) is 0.504. The third kappa shape index (κ3) is 3.40. The summed E-state index contributed by atoms with van der Waals surface area (Å²) in [6.07, 6.45) is 0. The second-order valence-electron chi connectivity index (χ2n) is 4.48. The van der Waals surface area contributed by atoms with Crippen LogP contribution in [-0.2, 0) is 4.57 Å². The number of nitrogens with zero attached hydrogens (tertiary/aromatic N) is 2. The van der Waals surface area contributed by atoms with Gasteiger partial charge in [-0.05, 0) is 29.2 Å². The molecule has 8 heteroatoms. The van der Waals surface area contributed by atoms with Crippen LogP contribution in [0, 0.1) is 0 Å². The van der Waals surface area contributed by atoms with Gasteiger partial charge in [0.1, 0.15) is 17.2 Å². The molecule has 0 amide bonds. The Kier molecular flexibility index (Phi) is 4.04. The number of aromatic nitrogens is 2. The third-order valence-corrected chi connectivity index (χ3v) is 4.43. The molecular weight excluding hydrogens is 321 g/mol. The molecule has 0 atom stereocenters. The van der Waals surface area contributed by atoms with E-state index in [0.29, 0.717) is 5.82 Å². The van der Waals surface area contributed by atoms with E-state index in [1.165, 1.54) is 0 Å². The van der Waals surface area contributed by atoms with Gasteiger partial charge in [0.05, 0.1) is 5.56 Å². The first-order chi connectivity index (χ1) is 10.5. The van der Waals surface area contributed by atoms with Crippen LogP contribution in [0.3, 0.4) is 0 Å². The molecule has 2 aromatic carbocycles. The second kappa shape index (κ2) is 5.98. The average molecular weight is 334 g/mol. The highest BCUT2D eigenvalue weighted by molar-refractivity contribution is 7.53. The molecule has 1 aromatic heterocycles. The minimum absolute atomic E-state index is 0.163. The molecule has 0 radical (unpaired) electrons. The standard InChI is InChI=1S/C14H12N3O3PS/c18-21(19,20)16-14-15-13(11-7-3-1-4-8-11)17(22-14)12-9-5-2-6-10-12/h1-10H,(H2,18,19,20)/p+1. The van der Waals surface area contributed by atoms with Crippen LogP contribution in [0.2, 0.25) is 0 Å². The predicted octanol–water partition coefficient (Wildman–Crippen LogP) is 2.59. The van der Waals surface area contributed by atoms with Crippen molar-refractivity contribution >= 4 is 24.4 Å². The SMILES string of the molecule is O=P(O)(O)Nc1nc(-c2ccccc2)[n+](-c2ccccc2)s1. The van der Waals surface area contributed by atoms with E-state index in [4.69, 9.17) is 9.79 Å². The van der Waals surface area contributed by atoms with E-state index in [2.05, 4.69) is 10.1 Å². The first-order valence-corrected chi connectivity index (χ1v) is 8.79. The molecule has 1 heterocycles. The Morgan fingerprint density at radius 3 is 2.18 bits per heavy atom. The molecule has 0 saturated heterocycles. The molecule has 6 nitrogen and oxygen atoms in total. The van der Waals surface area contributed by atoms with Crippen molar-refractivity contribution in [3.8, 4) is 17.1 Å². The Balaban J connectivity index is 2.13. The van der Waals surface area contributed by atoms with Crippen molar-refractivity contribution in [2.24, 2.45) is 0 Å². The number of hydrogen-bond acceptors (Lipinski definition) is 3. The van der Waals surface area contributed by atoms with Crippen LogP contribution in [0.25, 0.3) is 17.1 Å². The Bertz CT molecular complexity index is 761. The van der Waals surface area contributed by atoms with E-state index in [0.717, 1.165) is 22.8 Å². The summed E-state index contributed by atoms with van der Waals surface area (Å²) in [4.78, 5) is 22.5. The maximum absolute atomic E-state index is 11.1. The van der Waals surface area contributed by atoms with Crippen LogP contribution in [0.4, 0.5) is 5.13 Å². The van der Waals surface area contributed by atoms with Gasteiger partial charge in [-0.2, -0.15) is 0 Å². The first-order valence-electron chi connectivity index (χ1n) is 6.41. The highest BCUT2D eigenvalue weighted by atomic mass is 32.1. The fourth-order valence-electron chi connectivity index (χ4n) is 1.97. The first kappa shape index (κ1) is 14.9. The predicted molar refractivity (Wildman–Crippen MR) is 84.7 cm³/mol. The molecule has 0 saturated carbocycles. The van der Waals surface area contributed by atoms with Crippen molar-refractivity contribution < 1.29 is 18.3 Å². The summed E-state index contributed by atoms with van der Waals surface area (Å²) in [5.74, 6) is 0.618. The van der Waals surface area contributed by atoms with E-state index < -0.39 is 7.75 Å². The maximum atomic E-state index is 11.1. The Morgan fingerprint density at radius 2 is 1.59 bits per heavy atom. The van der Waals surface area contributed by atoms with Crippen LogP contribution in [0.15, 0.2) is 60.7 Å². The lowest BCUT2D eigenvalue weighted by Crippen LogP contribution is -2.27. The number of benzene rings is 2. The molecule has 3 aromatic rings. The number of nitrogens with one attached hydrogen (secondary N) is 1. The van der Waals surface area contributed by atoms with E-state index in [-0.39, 0.29) is 5.13 Å². The number of para-hydroxylation sites is 1. The normalized spacial score (nSPS) is 11.4. The number of rotatable bonds is 4. The van der Waals surface area contributed by atoms with Crippen LogP contribution in [0.1, 0.15) is 0 Å². The summed E-state index contributed by atoms with van der Waals surface area (Å²) in [6, 6.07) is 19.0. The fraction of sp³-hybridized carbons (Fsp3) is 0. The fourth-order valence-corrected chi connectivity index (χ4v) is 3.55. The molecule has 0 unspecified atom stereocenters. The zero-order chi connectivity index (χ0) is 15.6. The monoisotopic (exact) mass is 334 g/mol. The minimum atomic E-state index is -4.39. The van der Waals surface area contributed by atoms with Gasteiger partial charge in [-0.1, -0.05) is 36.4 Å². The largest absolute Gasteiger partial charge is 0.431 e. The zero-order valence-corrected chi connectivity index (χ0v) is 13.0. The Labute approximate surface area is 131 Å². The highest BCUT2D eigenvalue weighted by Crippen LogP contribution is 2.36. The van der Waals surface area contributed by atoms with Crippen molar-refractivity contribution in [1.29, 1.82) is 0 Å². The molecule has 112 valence electrons. The van der Waals surface area contributed by atoms with Gasteiger partial charge in [-0.3, -0.25) is 0 Å². The third-order valence-electron chi connectivity index (χ3n) is 2.84. The molecule has 0 aliphatic carbocycles. The summed E-state index contributed by atoms with van der Waals surface area (Å²) in [6.45, 7) is 0. The van der Waals surface area contributed by atoms with Gasteiger partial charge in [0, 0.05) is 0 Å². The van der Waals surface area contributed by atoms with Crippen LogP contribution in [-0.4, -0.2) is 14.8 Å². The van der Waals surface area contributed by atoms with Gasteiger partial charge in [0.15, 0.2) is 0 Å². The average Bonchev–Trinajstić information content (AvgIpc) is 2.91. The summed E-state index contributed by atoms with van der Waals surface area (Å²) in [5.41, 5.74) is 1.74. The lowest BCUT2D eigenvalue weighted by Gasteiger charge is -1.98. The second-order valence-corrected chi connectivity index (χ2v) is 6.73. The smallest absolute Gasteiger partial charge is 0.308 e. The van der Waals surface area contributed by atoms with Crippen LogP contribution >= 0.6 is 19.3 Å². The minimum Gasteiger partial charge on any atom is -0.308 e. The van der Waals surface area contributed by atoms with Crippen molar-refractivity contribution in [3.05, 3.63) is 60.7 Å². The summed E-state index contributed by atoms with van der Waals surface area (Å²) in [7, 11) is -4.39. The molecule has 0 spiro atoms.